The molecule has 7 heteroatoms. The van der Waals surface area contributed by atoms with E-state index in [1.54, 1.807) is 11.3 Å². The van der Waals surface area contributed by atoms with Crippen LogP contribution >= 0.6 is 11.3 Å². The van der Waals surface area contributed by atoms with Crippen molar-refractivity contribution in [3.8, 4) is 0 Å². The van der Waals surface area contributed by atoms with E-state index < -0.39 is 0 Å². The summed E-state index contributed by atoms with van der Waals surface area (Å²) in [5.41, 5.74) is 2.23. The summed E-state index contributed by atoms with van der Waals surface area (Å²) in [4.78, 5) is 14.6. The Morgan fingerprint density at radius 1 is 1.19 bits per heavy atom. The van der Waals surface area contributed by atoms with Crippen LogP contribution in [0.1, 0.15) is 49.0 Å². The van der Waals surface area contributed by atoms with Gasteiger partial charge in [0.05, 0.1) is 23.8 Å². The molecule has 1 aliphatic heterocycles. The van der Waals surface area contributed by atoms with Gasteiger partial charge in [0.1, 0.15) is 16.5 Å². The van der Waals surface area contributed by atoms with E-state index in [4.69, 9.17) is 9.97 Å². The first kappa shape index (κ1) is 17.4. The number of thiophene rings is 1. The van der Waals surface area contributed by atoms with Gasteiger partial charge in [-0.05, 0) is 59.2 Å². The van der Waals surface area contributed by atoms with Crippen LogP contribution in [0.3, 0.4) is 0 Å². The lowest BCUT2D eigenvalue weighted by atomic mass is 10.2. The number of nitrogens with zero attached hydrogens (tertiary/aromatic N) is 5. The molecule has 1 aliphatic rings. The van der Waals surface area contributed by atoms with E-state index in [1.165, 1.54) is 23.3 Å². The number of hydrogen-bond donors (Lipinski definition) is 1. The van der Waals surface area contributed by atoms with Crippen LogP contribution in [-0.2, 0) is 6.54 Å². The summed E-state index contributed by atoms with van der Waals surface area (Å²) < 4.78 is 1.96. The molecule has 0 amide bonds. The lowest BCUT2D eigenvalue weighted by Gasteiger charge is -2.14. The highest BCUT2D eigenvalue weighted by atomic mass is 32.1. The van der Waals surface area contributed by atoms with Crippen molar-refractivity contribution in [3.05, 3.63) is 28.7 Å². The largest absolute Gasteiger partial charge is 0.337 e. The molecule has 26 heavy (non-hydrogen) atoms. The SMILES string of the molecule is Cc1sc2nc(CN3CCCC3)nc(Nc3cnn(C(C)C)c3)c2c1C. The number of rotatable bonds is 5. The molecule has 0 atom stereocenters. The number of aryl methyl sites for hydroxylation is 2. The van der Waals surface area contributed by atoms with Crippen molar-refractivity contribution in [2.24, 2.45) is 0 Å². The van der Waals surface area contributed by atoms with Crippen molar-refractivity contribution >= 4 is 33.1 Å². The summed E-state index contributed by atoms with van der Waals surface area (Å²) in [6.45, 7) is 11.7. The number of aromatic nitrogens is 4. The molecule has 0 aliphatic carbocycles. The molecule has 0 spiro atoms. The van der Waals surface area contributed by atoms with E-state index >= 15 is 0 Å². The van der Waals surface area contributed by atoms with Crippen LogP contribution in [0, 0.1) is 13.8 Å². The van der Waals surface area contributed by atoms with E-state index in [2.05, 4.69) is 43.0 Å². The predicted octanol–water partition coefficient (Wildman–Crippen LogP) is 4.42. The van der Waals surface area contributed by atoms with E-state index in [-0.39, 0.29) is 0 Å². The van der Waals surface area contributed by atoms with Crippen molar-refractivity contribution in [3.63, 3.8) is 0 Å². The van der Waals surface area contributed by atoms with Crippen LogP contribution in [0.2, 0.25) is 0 Å². The van der Waals surface area contributed by atoms with Gasteiger partial charge >= 0.3 is 0 Å². The number of nitrogens with one attached hydrogen (secondary N) is 1. The van der Waals surface area contributed by atoms with Crippen molar-refractivity contribution in [2.75, 3.05) is 18.4 Å². The second-order valence-corrected chi connectivity index (χ2v) is 8.57. The van der Waals surface area contributed by atoms with Crippen LogP contribution in [0.4, 0.5) is 11.5 Å². The normalized spacial score (nSPS) is 15.4. The Hall–Kier alpha value is -1.99. The highest BCUT2D eigenvalue weighted by molar-refractivity contribution is 7.18. The maximum absolute atomic E-state index is 4.89. The minimum atomic E-state index is 0.340. The first-order valence-electron chi connectivity index (χ1n) is 9.31. The van der Waals surface area contributed by atoms with Gasteiger partial charge in [0.15, 0.2) is 0 Å². The fourth-order valence-corrected chi connectivity index (χ4v) is 4.47. The van der Waals surface area contributed by atoms with E-state index in [9.17, 15) is 0 Å². The highest BCUT2D eigenvalue weighted by Gasteiger charge is 2.18. The first-order chi connectivity index (χ1) is 12.5. The maximum atomic E-state index is 4.89. The topological polar surface area (TPSA) is 58.9 Å². The molecule has 0 radical (unpaired) electrons. The lowest BCUT2D eigenvalue weighted by Crippen LogP contribution is -2.20. The fraction of sp³-hybridized carbons (Fsp3) is 0.526. The number of anilines is 2. The van der Waals surface area contributed by atoms with Crippen molar-refractivity contribution in [1.29, 1.82) is 0 Å². The number of likely N-dealkylation sites (tertiary alicyclic amines) is 1. The Labute approximate surface area is 158 Å². The molecule has 6 nitrogen and oxygen atoms in total. The van der Waals surface area contributed by atoms with Gasteiger partial charge in [0.25, 0.3) is 0 Å². The van der Waals surface area contributed by atoms with Gasteiger partial charge in [0, 0.05) is 17.1 Å². The molecule has 1 saturated heterocycles. The average molecular weight is 371 g/mol. The third kappa shape index (κ3) is 3.33. The molecular weight excluding hydrogens is 344 g/mol. The third-order valence-corrected chi connectivity index (χ3v) is 6.13. The Bertz CT molecular complexity index is 920. The van der Waals surface area contributed by atoms with E-state index in [0.29, 0.717) is 6.04 Å². The van der Waals surface area contributed by atoms with Gasteiger partial charge in [-0.3, -0.25) is 9.58 Å². The Kier molecular flexibility index (Phi) is 4.67. The minimum absolute atomic E-state index is 0.340. The second-order valence-electron chi connectivity index (χ2n) is 7.36. The zero-order valence-corrected chi connectivity index (χ0v) is 16.7. The second kappa shape index (κ2) is 6.96. The standard InChI is InChI=1S/C19H26N6S/c1-12(2)25-10-15(9-20-25)21-18-17-13(3)14(4)26-19(17)23-16(22-18)11-24-7-5-6-8-24/h9-10,12H,5-8,11H2,1-4H3,(H,21,22,23). The average Bonchev–Trinajstić information content (AvgIpc) is 3.30. The molecular formula is C19H26N6S. The summed E-state index contributed by atoms with van der Waals surface area (Å²) in [7, 11) is 0. The Morgan fingerprint density at radius 3 is 2.65 bits per heavy atom. The molecule has 3 aromatic rings. The molecule has 1 N–H and O–H groups in total. The zero-order chi connectivity index (χ0) is 18.3. The molecule has 3 aromatic heterocycles. The minimum Gasteiger partial charge on any atom is -0.337 e. The molecule has 4 heterocycles. The summed E-state index contributed by atoms with van der Waals surface area (Å²) in [5, 5.41) is 9.06. The summed E-state index contributed by atoms with van der Waals surface area (Å²) in [5.74, 6) is 1.80. The fourth-order valence-electron chi connectivity index (χ4n) is 3.42. The monoisotopic (exact) mass is 370 g/mol. The lowest BCUT2D eigenvalue weighted by molar-refractivity contribution is 0.323. The van der Waals surface area contributed by atoms with E-state index in [1.807, 2.05) is 17.1 Å². The molecule has 0 unspecified atom stereocenters. The summed E-state index contributed by atoms with van der Waals surface area (Å²) in [6, 6.07) is 0.340. The van der Waals surface area contributed by atoms with Gasteiger partial charge in [-0.1, -0.05) is 0 Å². The maximum Gasteiger partial charge on any atom is 0.146 e. The Balaban J connectivity index is 1.71. The molecule has 4 rings (SSSR count). The van der Waals surface area contributed by atoms with Gasteiger partial charge in [-0.15, -0.1) is 11.3 Å². The number of hydrogen-bond acceptors (Lipinski definition) is 6. The zero-order valence-electron chi connectivity index (χ0n) is 15.9. The van der Waals surface area contributed by atoms with Gasteiger partial charge in [-0.2, -0.15) is 5.10 Å². The van der Waals surface area contributed by atoms with Crippen LogP contribution < -0.4 is 5.32 Å². The van der Waals surface area contributed by atoms with Crippen molar-refractivity contribution in [1.82, 2.24) is 24.6 Å². The van der Waals surface area contributed by atoms with Crippen LogP contribution in [-0.4, -0.2) is 37.7 Å². The molecule has 0 bridgehead atoms. The summed E-state index contributed by atoms with van der Waals surface area (Å²) >= 11 is 1.76. The van der Waals surface area contributed by atoms with E-state index in [0.717, 1.165) is 47.2 Å². The van der Waals surface area contributed by atoms with Crippen molar-refractivity contribution < 1.29 is 0 Å². The van der Waals surface area contributed by atoms with Gasteiger partial charge in [0.2, 0.25) is 0 Å². The molecule has 1 fully saturated rings. The van der Waals surface area contributed by atoms with Crippen LogP contribution in [0.5, 0.6) is 0 Å². The molecule has 138 valence electrons. The van der Waals surface area contributed by atoms with Crippen LogP contribution in [0.15, 0.2) is 12.4 Å². The quantitative estimate of drug-likeness (QED) is 0.720. The highest BCUT2D eigenvalue weighted by Crippen LogP contribution is 2.34. The predicted molar refractivity (Wildman–Crippen MR) is 107 cm³/mol. The molecule has 0 saturated carbocycles. The van der Waals surface area contributed by atoms with Gasteiger partial charge < -0.3 is 5.32 Å². The smallest absolute Gasteiger partial charge is 0.146 e. The molecule has 0 aromatic carbocycles. The summed E-state index contributed by atoms with van der Waals surface area (Å²) in [6.07, 6.45) is 6.45. The Morgan fingerprint density at radius 2 is 1.96 bits per heavy atom. The first-order valence-corrected chi connectivity index (χ1v) is 10.1. The third-order valence-electron chi connectivity index (χ3n) is 5.03. The van der Waals surface area contributed by atoms with Gasteiger partial charge in [-0.25, -0.2) is 9.97 Å². The number of fused-ring (bicyclic) bond motifs is 1. The van der Waals surface area contributed by atoms with Crippen LogP contribution in [0.25, 0.3) is 10.2 Å². The van der Waals surface area contributed by atoms with Crippen molar-refractivity contribution in [2.45, 2.75) is 53.1 Å².